The van der Waals surface area contributed by atoms with Crippen LogP contribution >= 0.6 is 12.4 Å². The average molecular weight is 376 g/mol. The summed E-state index contributed by atoms with van der Waals surface area (Å²) in [6.07, 6.45) is -2.07. The maximum atomic E-state index is 12.4. The van der Waals surface area contributed by atoms with E-state index >= 15 is 0 Å². The van der Waals surface area contributed by atoms with Crippen molar-refractivity contribution < 1.29 is 26.3 Å². The van der Waals surface area contributed by atoms with Crippen molar-refractivity contribution in [1.29, 1.82) is 0 Å². The molecule has 1 fully saturated rings. The first-order valence-electron chi connectivity index (χ1n) is 6.61. The van der Waals surface area contributed by atoms with E-state index in [-0.39, 0.29) is 35.8 Å². The van der Waals surface area contributed by atoms with Gasteiger partial charge < -0.3 is 10.5 Å². The van der Waals surface area contributed by atoms with Gasteiger partial charge in [0.15, 0.2) is 6.61 Å². The minimum atomic E-state index is -4.48. The molecule has 0 amide bonds. The number of hydrogen-bond acceptors (Lipinski definition) is 5. The van der Waals surface area contributed by atoms with Crippen LogP contribution < -0.4 is 10.5 Å². The molecule has 0 spiro atoms. The second-order valence-electron chi connectivity index (χ2n) is 4.88. The van der Waals surface area contributed by atoms with Crippen LogP contribution in [0.3, 0.4) is 0 Å². The summed E-state index contributed by atoms with van der Waals surface area (Å²) in [4.78, 5) is 3.52. The second kappa shape index (κ2) is 7.65. The highest BCUT2D eigenvalue weighted by molar-refractivity contribution is 7.89. The fourth-order valence-corrected chi connectivity index (χ4v) is 3.91. The SMILES string of the molecule is Cl.NCC1CCCN1S(=O)(=O)c1ccc(OCC(F)(F)F)nc1. The molecule has 1 aliphatic heterocycles. The summed E-state index contributed by atoms with van der Waals surface area (Å²) in [6.45, 7) is -0.885. The van der Waals surface area contributed by atoms with Crippen LogP contribution in [0.1, 0.15) is 12.8 Å². The second-order valence-corrected chi connectivity index (χ2v) is 6.77. The average Bonchev–Trinajstić information content (AvgIpc) is 2.94. The first-order chi connectivity index (χ1) is 10.2. The molecular weight excluding hydrogens is 359 g/mol. The van der Waals surface area contributed by atoms with Crippen molar-refractivity contribution in [3.63, 3.8) is 0 Å². The van der Waals surface area contributed by atoms with Crippen LogP contribution in [0, 0.1) is 0 Å². The van der Waals surface area contributed by atoms with Crippen LogP contribution in [0.25, 0.3) is 0 Å². The highest BCUT2D eigenvalue weighted by Crippen LogP contribution is 2.26. The Balaban J connectivity index is 0.00000264. The first-order valence-corrected chi connectivity index (χ1v) is 8.05. The molecule has 1 saturated heterocycles. The molecule has 2 heterocycles. The van der Waals surface area contributed by atoms with Gasteiger partial charge in [-0.05, 0) is 18.9 Å². The Morgan fingerprint density at radius 3 is 2.61 bits per heavy atom. The molecule has 0 aromatic carbocycles. The maximum absolute atomic E-state index is 12.4. The van der Waals surface area contributed by atoms with Gasteiger partial charge in [0.2, 0.25) is 15.9 Å². The van der Waals surface area contributed by atoms with E-state index in [0.717, 1.165) is 18.7 Å². The van der Waals surface area contributed by atoms with Crippen LogP contribution in [-0.4, -0.2) is 49.6 Å². The molecule has 2 rings (SSSR count). The number of ether oxygens (including phenoxy) is 1. The van der Waals surface area contributed by atoms with E-state index < -0.39 is 22.8 Å². The molecule has 132 valence electrons. The maximum Gasteiger partial charge on any atom is 0.422 e. The molecular formula is C12H17ClF3N3O3S. The fraction of sp³-hybridized carbons (Fsp3) is 0.583. The Kier molecular flexibility index (Phi) is 6.63. The molecule has 1 aliphatic rings. The number of sulfonamides is 1. The predicted molar refractivity (Wildman–Crippen MR) is 79.0 cm³/mol. The first kappa shape index (κ1) is 19.9. The van der Waals surface area contributed by atoms with Crippen molar-refractivity contribution in [1.82, 2.24) is 9.29 Å². The topological polar surface area (TPSA) is 85.5 Å². The van der Waals surface area contributed by atoms with E-state index in [1.54, 1.807) is 0 Å². The van der Waals surface area contributed by atoms with Crippen molar-refractivity contribution in [2.24, 2.45) is 5.73 Å². The van der Waals surface area contributed by atoms with Crippen molar-refractivity contribution in [3.8, 4) is 5.88 Å². The number of aromatic nitrogens is 1. The number of nitrogens with two attached hydrogens (primary N) is 1. The van der Waals surface area contributed by atoms with Gasteiger partial charge >= 0.3 is 6.18 Å². The largest absolute Gasteiger partial charge is 0.468 e. The molecule has 1 atom stereocenters. The van der Waals surface area contributed by atoms with Gasteiger partial charge in [0.1, 0.15) is 4.90 Å². The Bertz CT molecular complexity index is 610. The molecule has 23 heavy (non-hydrogen) atoms. The number of hydrogen-bond donors (Lipinski definition) is 1. The number of nitrogens with zero attached hydrogens (tertiary/aromatic N) is 2. The van der Waals surface area contributed by atoms with E-state index in [0.29, 0.717) is 13.0 Å². The third-order valence-electron chi connectivity index (χ3n) is 3.29. The zero-order chi connectivity index (χ0) is 16.4. The summed E-state index contributed by atoms with van der Waals surface area (Å²) >= 11 is 0. The van der Waals surface area contributed by atoms with Gasteiger partial charge in [-0.15, -0.1) is 12.4 Å². The summed E-state index contributed by atoms with van der Waals surface area (Å²) in [5, 5.41) is 0. The highest BCUT2D eigenvalue weighted by Gasteiger charge is 2.34. The van der Waals surface area contributed by atoms with E-state index in [1.165, 1.54) is 10.4 Å². The van der Waals surface area contributed by atoms with E-state index in [2.05, 4.69) is 9.72 Å². The Labute approximate surface area is 138 Å². The van der Waals surface area contributed by atoms with Crippen molar-refractivity contribution >= 4 is 22.4 Å². The summed E-state index contributed by atoms with van der Waals surface area (Å²) in [5.74, 6) is -0.284. The smallest absolute Gasteiger partial charge is 0.422 e. The van der Waals surface area contributed by atoms with Gasteiger partial charge in [-0.3, -0.25) is 0 Å². The van der Waals surface area contributed by atoms with Crippen LogP contribution in [0.15, 0.2) is 23.2 Å². The van der Waals surface area contributed by atoms with Crippen molar-refractivity contribution in [2.75, 3.05) is 19.7 Å². The van der Waals surface area contributed by atoms with Gasteiger partial charge in [0, 0.05) is 25.2 Å². The number of pyridine rings is 1. The van der Waals surface area contributed by atoms with Gasteiger partial charge in [0.25, 0.3) is 0 Å². The van der Waals surface area contributed by atoms with Crippen molar-refractivity contribution in [2.45, 2.75) is 30.0 Å². The minimum absolute atomic E-state index is 0. The molecule has 1 aromatic heterocycles. The molecule has 0 radical (unpaired) electrons. The van der Waals surface area contributed by atoms with E-state index in [9.17, 15) is 21.6 Å². The van der Waals surface area contributed by atoms with Crippen LogP contribution in [0.2, 0.25) is 0 Å². The molecule has 0 saturated carbocycles. The summed E-state index contributed by atoms with van der Waals surface area (Å²) in [7, 11) is -3.75. The highest BCUT2D eigenvalue weighted by atomic mass is 35.5. The molecule has 0 aliphatic carbocycles. The zero-order valence-corrected chi connectivity index (χ0v) is 13.6. The fourth-order valence-electron chi connectivity index (χ4n) is 2.26. The molecule has 1 aromatic rings. The van der Waals surface area contributed by atoms with Crippen molar-refractivity contribution in [3.05, 3.63) is 18.3 Å². The summed E-state index contributed by atoms with van der Waals surface area (Å²) in [5.41, 5.74) is 5.56. The summed E-state index contributed by atoms with van der Waals surface area (Å²) < 4.78 is 66.7. The van der Waals surface area contributed by atoms with Gasteiger partial charge in [-0.1, -0.05) is 0 Å². The van der Waals surface area contributed by atoms with Gasteiger partial charge in [0.05, 0.1) is 6.20 Å². The number of rotatable bonds is 5. The quantitative estimate of drug-likeness (QED) is 0.844. The molecule has 0 bridgehead atoms. The number of alkyl halides is 3. The van der Waals surface area contributed by atoms with Crippen LogP contribution in [0.5, 0.6) is 5.88 Å². The summed E-state index contributed by atoms with van der Waals surface area (Å²) in [6, 6.07) is 2.03. The lowest BCUT2D eigenvalue weighted by Gasteiger charge is -2.22. The van der Waals surface area contributed by atoms with Gasteiger partial charge in [-0.2, -0.15) is 17.5 Å². The molecule has 6 nitrogen and oxygen atoms in total. The number of halogens is 4. The Morgan fingerprint density at radius 2 is 2.09 bits per heavy atom. The molecule has 1 unspecified atom stereocenters. The monoisotopic (exact) mass is 375 g/mol. The van der Waals surface area contributed by atoms with Crippen LogP contribution in [0.4, 0.5) is 13.2 Å². The third-order valence-corrected chi connectivity index (χ3v) is 5.23. The van der Waals surface area contributed by atoms with E-state index in [1.807, 2.05) is 0 Å². The lowest BCUT2D eigenvalue weighted by atomic mass is 10.2. The minimum Gasteiger partial charge on any atom is -0.468 e. The Morgan fingerprint density at radius 1 is 1.39 bits per heavy atom. The normalized spacial score (nSPS) is 19.4. The molecule has 2 N–H and O–H groups in total. The predicted octanol–water partition coefficient (Wildman–Crippen LogP) is 1.56. The Hall–Kier alpha value is -1.10. The zero-order valence-electron chi connectivity index (χ0n) is 12.0. The molecule has 11 heteroatoms. The van der Waals surface area contributed by atoms with Crippen LogP contribution in [-0.2, 0) is 10.0 Å². The lowest BCUT2D eigenvalue weighted by Crippen LogP contribution is -2.39. The van der Waals surface area contributed by atoms with Gasteiger partial charge in [-0.25, -0.2) is 13.4 Å². The standard InChI is InChI=1S/C12H16F3N3O3S.ClH/c13-12(14,15)8-21-11-4-3-10(7-17-11)22(19,20)18-5-1-2-9(18)6-16;/h3-4,7,9H,1-2,5-6,8,16H2;1H. The lowest BCUT2D eigenvalue weighted by molar-refractivity contribution is -0.154. The van der Waals surface area contributed by atoms with E-state index in [4.69, 9.17) is 5.73 Å². The third kappa shape index (κ3) is 4.93.